The Morgan fingerprint density at radius 3 is 1.80 bits per heavy atom. The maximum Gasteiger partial charge on any atom is 0.417 e. The van der Waals surface area contributed by atoms with Gasteiger partial charge in [-0.15, -0.1) is 0 Å². The van der Waals surface area contributed by atoms with Crippen LogP contribution >= 0.6 is 23.2 Å². The molecule has 4 atom stereocenters. The van der Waals surface area contributed by atoms with Gasteiger partial charge in [-0.3, -0.25) is 4.79 Å². The summed E-state index contributed by atoms with van der Waals surface area (Å²) in [5, 5.41) is 21.5. The molecule has 17 nitrogen and oxygen atoms in total. The maximum absolute atomic E-state index is 15.3. The highest BCUT2D eigenvalue weighted by molar-refractivity contribution is 6.33. The van der Waals surface area contributed by atoms with Gasteiger partial charge >= 0.3 is 48.2 Å². The molecule has 27 heteroatoms. The summed E-state index contributed by atoms with van der Waals surface area (Å²) in [6.07, 6.45) is -9.86. The number of nitrogens with one attached hydrogen (secondary N) is 1. The number of esters is 3. The molecule has 4 rings (SSSR count). The first-order valence-electron chi connectivity index (χ1n) is 19.7. The largest absolute Gasteiger partial charge is 0.481 e. The Labute approximate surface area is 395 Å². The zero-order chi connectivity index (χ0) is 51.8. The summed E-state index contributed by atoms with van der Waals surface area (Å²) < 4.78 is 135. The second-order valence-corrected chi connectivity index (χ2v) is 15.5. The van der Waals surface area contributed by atoms with E-state index in [1.807, 2.05) is 0 Å². The summed E-state index contributed by atoms with van der Waals surface area (Å²) in [7, 11) is 0.825. The molecule has 7 N–H and O–H groups in total. The third-order valence-electron chi connectivity index (χ3n) is 10.6. The van der Waals surface area contributed by atoms with E-state index in [0.29, 0.717) is 12.1 Å². The molecule has 2 aliphatic heterocycles. The number of hydroxylamine groups is 2. The Balaban J connectivity index is 1.83. The molecule has 0 saturated carbocycles. The number of hydrogen-bond donors (Lipinski definition) is 5. The van der Waals surface area contributed by atoms with Crippen molar-refractivity contribution in [2.45, 2.75) is 37.2 Å². The number of carboxylic acids is 2. The number of methoxy groups -OCH3 is 1. The van der Waals surface area contributed by atoms with Crippen LogP contribution in [-0.4, -0.2) is 117 Å². The monoisotopic (exact) mass is 1030 g/mol. The molecule has 2 aliphatic rings. The average molecular weight is 1030 g/mol. The Bertz CT molecular complexity index is 2480. The van der Waals surface area contributed by atoms with Gasteiger partial charge < -0.3 is 50.8 Å². The molecule has 0 amide bonds. The van der Waals surface area contributed by atoms with Gasteiger partial charge in [-0.2, -0.15) is 26.3 Å². The number of nitrogens with two attached hydrogens (primary N) is 2. The minimum absolute atomic E-state index is 0.117. The lowest BCUT2D eigenvalue weighted by molar-refractivity contribution is -0.211. The van der Waals surface area contributed by atoms with Crippen LogP contribution in [-0.2, 0) is 64.9 Å². The zero-order valence-electron chi connectivity index (χ0n) is 35.8. The van der Waals surface area contributed by atoms with Gasteiger partial charge in [-0.05, 0) is 30.2 Å². The van der Waals surface area contributed by atoms with Crippen molar-refractivity contribution >= 4 is 59.0 Å². The molecule has 0 saturated heterocycles. The molecule has 376 valence electrons. The van der Waals surface area contributed by atoms with Crippen LogP contribution in [0.15, 0.2) is 82.4 Å². The van der Waals surface area contributed by atoms with E-state index in [4.69, 9.17) is 58.5 Å². The highest BCUT2D eigenvalue weighted by atomic mass is 35.5. The van der Waals surface area contributed by atoms with Crippen molar-refractivity contribution < 1.29 is 97.9 Å². The fourth-order valence-corrected chi connectivity index (χ4v) is 8.24. The first-order valence-corrected chi connectivity index (χ1v) is 20.5. The molecule has 2 aromatic rings. The summed E-state index contributed by atoms with van der Waals surface area (Å²) in [5.74, 6) is -15.0. The predicted octanol–water partition coefficient (Wildman–Crippen LogP) is 5.27. The molecule has 0 fully saturated rings. The maximum atomic E-state index is 15.3. The number of alkyl halides is 8. The van der Waals surface area contributed by atoms with Crippen LogP contribution in [0.3, 0.4) is 0 Å². The number of hydrogen-bond acceptors (Lipinski definition) is 15. The van der Waals surface area contributed by atoms with E-state index in [9.17, 15) is 69.7 Å². The van der Waals surface area contributed by atoms with E-state index in [2.05, 4.69) is 5.32 Å². The van der Waals surface area contributed by atoms with Crippen molar-refractivity contribution in [3.63, 3.8) is 0 Å². The molecule has 2 aromatic carbocycles. The lowest BCUT2D eigenvalue weighted by atomic mass is 9.62. The number of halogens is 10. The number of carbonyl (C=O) groups is 6. The standard InChI is InChI=1S/C42H40Cl2F8N4O13/c1-40(39(63)64)26(16-46)56(25(18-67-14-12-54)32(36(59)60)33(40)20-6-4-8-22(35(20)44)42(50,51)52)69-28(58)10-9-27(57)68-38(62)31-24(17-66-13-11-53)55-23(15-45)30(37(61)65-2)29(31)19-5-3-7-21(34(19)43)41(47,48)49/h3-10,26,29,33,55H,11-18,53-54H2,1-2H3,(H,59,60)(H,63,64)/b10-9-. The quantitative estimate of drug-likeness (QED) is 0.0395. The fraction of sp³-hybridized carbons (Fsp3) is 0.381. The van der Waals surface area contributed by atoms with E-state index in [1.165, 1.54) is 0 Å². The number of rotatable bonds is 19. The van der Waals surface area contributed by atoms with Gasteiger partial charge in [0, 0.05) is 31.2 Å². The Kier molecular flexibility index (Phi) is 18.5. The van der Waals surface area contributed by atoms with E-state index >= 15 is 4.39 Å². The van der Waals surface area contributed by atoms with Crippen molar-refractivity contribution in [3.8, 4) is 0 Å². The van der Waals surface area contributed by atoms with Crippen LogP contribution in [0.5, 0.6) is 0 Å². The summed E-state index contributed by atoms with van der Waals surface area (Å²) in [6.45, 7) is -5.16. The van der Waals surface area contributed by atoms with Gasteiger partial charge in [-0.25, -0.2) is 37.8 Å². The minimum Gasteiger partial charge on any atom is -0.481 e. The van der Waals surface area contributed by atoms with Gasteiger partial charge in [0.1, 0.15) is 24.8 Å². The van der Waals surface area contributed by atoms with Crippen LogP contribution < -0.4 is 16.8 Å². The van der Waals surface area contributed by atoms with Crippen LogP contribution in [0.1, 0.15) is 41.0 Å². The second-order valence-electron chi connectivity index (χ2n) is 14.7. The van der Waals surface area contributed by atoms with Crippen molar-refractivity contribution in [1.29, 1.82) is 0 Å². The SMILES string of the molecule is COC(=O)C1=C(CF)NC(COCCN)=C(C(=O)OC(=O)/C=C\C(=O)ON2C(COCCN)=C(C(=O)O)C(c3cccc(C(F)(F)F)c3Cl)C(C)(C(=O)O)C2CF)C1c1cccc(C(F)(F)F)c1Cl. The number of ether oxygens (including phenoxy) is 4. The Morgan fingerprint density at radius 2 is 1.30 bits per heavy atom. The highest BCUT2D eigenvalue weighted by Gasteiger charge is 2.60. The Morgan fingerprint density at radius 1 is 0.783 bits per heavy atom. The molecule has 0 aliphatic carbocycles. The van der Waals surface area contributed by atoms with Gasteiger partial charge in [-0.1, -0.05) is 47.5 Å². The molecular weight excluding hydrogens is 991 g/mol. The fourth-order valence-electron chi connectivity index (χ4n) is 7.55. The summed E-state index contributed by atoms with van der Waals surface area (Å²) in [5.41, 5.74) is -0.882. The van der Waals surface area contributed by atoms with Crippen molar-refractivity contribution in [2.75, 3.05) is 60.0 Å². The highest BCUT2D eigenvalue weighted by Crippen LogP contribution is 2.54. The van der Waals surface area contributed by atoms with Crippen LogP contribution in [0, 0.1) is 5.41 Å². The number of allylic oxidation sites excluding steroid dienone is 1. The normalized spacial score (nSPS) is 20.0. The number of carbonyl (C=O) groups excluding carboxylic acids is 4. The molecule has 69 heavy (non-hydrogen) atoms. The van der Waals surface area contributed by atoms with Crippen LogP contribution in [0.25, 0.3) is 0 Å². The molecule has 2 heterocycles. The van der Waals surface area contributed by atoms with Crippen molar-refractivity contribution in [3.05, 3.63) is 115 Å². The van der Waals surface area contributed by atoms with Gasteiger partial charge in [0.15, 0.2) is 0 Å². The first kappa shape index (κ1) is 55.5. The van der Waals surface area contributed by atoms with Crippen LogP contribution in [0.2, 0.25) is 10.0 Å². The summed E-state index contributed by atoms with van der Waals surface area (Å²) >= 11 is 12.4. The second kappa shape index (κ2) is 23.0. The number of dihydropyridines is 1. The third kappa shape index (κ3) is 11.8. The molecule has 0 aromatic heterocycles. The summed E-state index contributed by atoms with van der Waals surface area (Å²) in [4.78, 5) is 85.3. The lowest BCUT2D eigenvalue weighted by Gasteiger charge is -2.49. The number of nitrogens with zero attached hydrogens (tertiary/aromatic N) is 1. The van der Waals surface area contributed by atoms with Crippen molar-refractivity contribution in [2.24, 2.45) is 16.9 Å². The third-order valence-corrected chi connectivity index (χ3v) is 11.4. The van der Waals surface area contributed by atoms with Gasteiger partial charge in [0.25, 0.3) is 0 Å². The predicted molar refractivity (Wildman–Crippen MR) is 222 cm³/mol. The zero-order valence-corrected chi connectivity index (χ0v) is 37.3. The number of carboxylic acid groups (broad SMARTS) is 2. The molecule has 0 bridgehead atoms. The number of aliphatic carboxylic acids is 2. The smallest absolute Gasteiger partial charge is 0.417 e. The van der Waals surface area contributed by atoms with E-state index in [0.717, 1.165) is 38.3 Å². The molecule has 0 radical (unpaired) electrons. The van der Waals surface area contributed by atoms with Gasteiger partial charge in [0.05, 0.1) is 94.4 Å². The Hall–Kier alpha value is -6.12. The number of benzene rings is 2. The van der Waals surface area contributed by atoms with E-state index in [-0.39, 0.29) is 43.5 Å². The topological polar surface area (TPSA) is 256 Å². The first-order chi connectivity index (χ1) is 32.4. The molecular formula is C42H40Cl2F8N4O13. The average Bonchev–Trinajstić information content (AvgIpc) is 3.27. The van der Waals surface area contributed by atoms with E-state index < -0.39 is 164 Å². The lowest BCUT2D eigenvalue weighted by Crippen LogP contribution is -2.59. The van der Waals surface area contributed by atoms with Gasteiger partial charge in [0.2, 0.25) is 0 Å². The molecule has 4 unspecified atom stereocenters. The van der Waals surface area contributed by atoms with Crippen molar-refractivity contribution in [1.82, 2.24) is 10.4 Å². The van der Waals surface area contributed by atoms with Crippen LogP contribution in [0.4, 0.5) is 35.1 Å². The van der Waals surface area contributed by atoms with E-state index in [1.54, 1.807) is 0 Å². The molecule has 0 spiro atoms. The summed E-state index contributed by atoms with van der Waals surface area (Å²) in [6, 6.07) is 2.27. The minimum atomic E-state index is -5.15.